The van der Waals surface area contributed by atoms with Crippen molar-refractivity contribution < 1.29 is 14.0 Å². The van der Waals surface area contributed by atoms with E-state index in [-0.39, 0.29) is 10.7 Å². The average molecular weight is 489 g/mol. The fourth-order valence-electron chi connectivity index (χ4n) is 2.94. The number of carbonyl (C=O) groups is 2. The van der Waals surface area contributed by atoms with Gasteiger partial charge < -0.3 is 4.42 Å². The van der Waals surface area contributed by atoms with Crippen LogP contribution < -0.4 is 10.2 Å². The summed E-state index contributed by atoms with van der Waals surface area (Å²) < 4.78 is 5.78. The Morgan fingerprint density at radius 1 is 1.06 bits per heavy atom. The summed E-state index contributed by atoms with van der Waals surface area (Å²) in [6.45, 7) is 1.78. The van der Waals surface area contributed by atoms with Crippen molar-refractivity contribution in [3.63, 3.8) is 0 Å². The Bertz CT molecular complexity index is 1240. The van der Waals surface area contributed by atoms with Crippen molar-refractivity contribution >= 4 is 75.9 Å². The number of furan rings is 1. The highest BCUT2D eigenvalue weighted by Gasteiger charge is 2.35. The first-order chi connectivity index (χ1) is 14.8. The average Bonchev–Trinajstić information content (AvgIpc) is 3.17. The number of hydrogen-bond acceptors (Lipinski definition) is 5. The van der Waals surface area contributed by atoms with Gasteiger partial charge >= 0.3 is 0 Å². The molecule has 1 saturated heterocycles. The van der Waals surface area contributed by atoms with E-state index in [4.69, 9.17) is 39.8 Å². The SMILES string of the molecule is Cc1c(Cl)cccc1N1C(=O)/C(=C/c2ccc(Sc3ccc(Cl)cc3)o2)C(=O)NC1=S. The molecule has 1 fully saturated rings. The molecular weight excluding hydrogens is 475 g/mol. The first-order valence-electron chi connectivity index (χ1n) is 9.03. The summed E-state index contributed by atoms with van der Waals surface area (Å²) in [5, 5.41) is 4.30. The van der Waals surface area contributed by atoms with Crippen molar-refractivity contribution in [2.24, 2.45) is 0 Å². The molecule has 1 aliphatic rings. The van der Waals surface area contributed by atoms with E-state index in [1.807, 2.05) is 12.1 Å². The predicted octanol–water partition coefficient (Wildman–Crippen LogP) is 5.88. The molecule has 0 bridgehead atoms. The summed E-state index contributed by atoms with van der Waals surface area (Å²) in [4.78, 5) is 27.8. The van der Waals surface area contributed by atoms with Crippen LogP contribution in [-0.4, -0.2) is 16.9 Å². The van der Waals surface area contributed by atoms with Gasteiger partial charge in [0, 0.05) is 14.9 Å². The van der Waals surface area contributed by atoms with Gasteiger partial charge in [0.05, 0.1) is 5.69 Å². The van der Waals surface area contributed by atoms with Gasteiger partial charge in [-0.2, -0.15) is 0 Å². The molecule has 3 aromatic rings. The van der Waals surface area contributed by atoms with Gasteiger partial charge in [-0.3, -0.25) is 19.8 Å². The second-order valence-corrected chi connectivity index (χ2v) is 8.86. The third kappa shape index (κ3) is 4.55. The maximum atomic E-state index is 13.2. The fraction of sp³-hybridized carbons (Fsp3) is 0.0455. The van der Waals surface area contributed by atoms with Gasteiger partial charge in [0.15, 0.2) is 10.2 Å². The molecule has 5 nitrogen and oxygen atoms in total. The van der Waals surface area contributed by atoms with Gasteiger partial charge in [-0.05, 0) is 79.3 Å². The second kappa shape index (κ2) is 8.88. The summed E-state index contributed by atoms with van der Waals surface area (Å²) in [7, 11) is 0. The molecule has 2 heterocycles. The zero-order chi connectivity index (χ0) is 22.1. The van der Waals surface area contributed by atoms with Crippen LogP contribution in [-0.2, 0) is 9.59 Å². The van der Waals surface area contributed by atoms with Crippen LogP contribution in [0.5, 0.6) is 0 Å². The van der Waals surface area contributed by atoms with E-state index in [2.05, 4.69) is 5.32 Å². The summed E-state index contributed by atoms with van der Waals surface area (Å²) in [5.74, 6) is -0.776. The van der Waals surface area contributed by atoms with Crippen LogP contribution in [0.4, 0.5) is 5.69 Å². The van der Waals surface area contributed by atoms with E-state index in [1.54, 1.807) is 49.4 Å². The summed E-state index contributed by atoms with van der Waals surface area (Å²) >= 11 is 18.7. The predicted molar refractivity (Wildman–Crippen MR) is 127 cm³/mol. The lowest BCUT2D eigenvalue weighted by Crippen LogP contribution is -2.54. The first kappa shape index (κ1) is 21.6. The Labute approximate surface area is 198 Å². The quantitative estimate of drug-likeness (QED) is 0.282. The number of amides is 2. The normalized spacial score (nSPS) is 15.5. The third-order valence-corrected chi connectivity index (χ3v) is 6.38. The zero-order valence-electron chi connectivity index (χ0n) is 16.0. The molecule has 0 atom stereocenters. The van der Waals surface area contributed by atoms with Crippen molar-refractivity contribution in [3.8, 4) is 0 Å². The van der Waals surface area contributed by atoms with E-state index in [0.717, 1.165) is 4.90 Å². The minimum atomic E-state index is -0.589. The van der Waals surface area contributed by atoms with Crippen LogP contribution in [0.1, 0.15) is 11.3 Å². The lowest BCUT2D eigenvalue weighted by Gasteiger charge is -2.30. The molecule has 1 aliphatic heterocycles. The van der Waals surface area contributed by atoms with Gasteiger partial charge in [0.2, 0.25) is 0 Å². The van der Waals surface area contributed by atoms with Gasteiger partial charge in [-0.25, -0.2) is 0 Å². The van der Waals surface area contributed by atoms with Crippen molar-refractivity contribution in [1.29, 1.82) is 0 Å². The lowest BCUT2D eigenvalue weighted by atomic mass is 10.1. The largest absolute Gasteiger partial charge is 0.450 e. The molecule has 0 saturated carbocycles. The topological polar surface area (TPSA) is 62.6 Å². The highest BCUT2D eigenvalue weighted by Crippen LogP contribution is 2.32. The first-order valence-corrected chi connectivity index (χ1v) is 11.0. The van der Waals surface area contributed by atoms with Crippen LogP contribution in [0.25, 0.3) is 6.08 Å². The maximum absolute atomic E-state index is 13.2. The minimum Gasteiger partial charge on any atom is -0.450 e. The number of benzene rings is 2. The van der Waals surface area contributed by atoms with Gasteiger partial charge in [-0.15, -0.1) is 0 Å². The summed E-state index contributed by atoms with van der Waals surface area (Å²) in [6, 6.07) is 15.9. The number of halogens is 2. The fourth-order valence-corrected chi connectivity index (χ4v) is 4.29. The van der Waals surface area contributed by atoms with Crippen molar-refractivity contribution in [1.82, 2.24) is 5.32 Å². The van der Waals surface area contributed by atoms with Crippen LogP contribution in [0.15, 0.2) is 74.6 Å². The number of nitrogens with zero attached hydrogens (tertiary/aromatic N) is 1. The molecule has 0 unspecified atom stereocenters. The van der Waals surface area contributed by atoms with Crippen LogP contribution in [0.3, 0.4) is 0 Å². The third-order valence-electron chi connectivity index (χ3n) is 4.50. The zero-order valence-corrected chi connectivity index (χ0v) is 19.2. The number of anilines is 1. The highest BCUT2D eigenvalue weighted by atomic mass is 35.5. The smallest absolute Gasteiger partial charge is 0.270 e. The number of hydrogen-bond donors (Lipinski definition) is 1. The molecule has 0 radical (unpaired) electrons. The Kier molecular flexibility index (Phi) is 6.20. The molecule has 2 aromatic carbocycles. The number of carbonyl (C=O) groups excluding carboxylic acids is 2. The van der Waals surface area contributed by atoms with E-state index in [0.29, 0.717) is 32.1 Å². The van der Waals surface area contributed by atoms with E-state index >= 15 is 0 Å². The van der Waals surface area contributed by atoms with Gasteiger partial charge in [-0.1, -0.05) is 41.0 Å². The second-order valence-electron chi connectivity index (χ2n) is 6.55. The van der Waals surface area contributed by atoms with E-state index in [9.17, 15) is 9.59 Å². The molecule has 2 amide bonds. The Morgan fingerprint density at radius 2 is 1.81 bits per heavy atom. The molecule has 9 heteroatoms. The maximum Gasteiger partial charge on any atom is 0.270 e. The molecule has 0 spiro atoms. The number of nitrogens with one attached hydrogen (secondary N) is 1. The Balaban J connectivity index is 1.62. The standard InChI is InChI=1S/C22H14Cl2N2O3S2/c1-12-17(24)3-2-4-18(12)26-21(28)16(20(27)25-22(26)30)11-14-7-10-19(29-14)31-15-8-5-13(23)6-9-15/h2-11H,1H3,(H,25,27,30)/b16-11+. The molecule has 4 rings (SSSR count). The molecule has 0 aliphatic carbocycles. The van der Waals surface area contributed by atoms with Crippen LogP contribution in [0, 0.1) is 6.92 Å². The summed E-state index contributed by atoms with van der Waals surface area (Å²) in [6.07, 6.45) is 1.40. The van der Waals surface area contributed by atoms with Crippen molar-refractivity contribution in [2.75, 3.05) is 4.90 Å². The molecular formula is C22H14Cl2N2O3S2. The Morgan fingerprint density at radius 3 is 2.55 bits per heavy atom. The van der Waals surface area contributed by atoms with Crippen molar-refractivity contribution in [2.45, 2.75) is 16.9 Å². The number of thiocarbonyl (C=S) groups is 1. The lowest BCUT2D eigenvalue weighted by molar-refractivity contribution is -0.122. The van der Waals surface area contributed by atoms with Gasteiger partial charge in [0.1, 0.15) is 11.3 Å². The number of rotatable bonds is 4. The van der Waals surface area contributed by atoms with E-state index in [1.165, 1.54) is 22.7 Å². The summed E-state index contributed by atoms with van der Waals surface area (Å²) in [5.41, 5.74) is 1.09. The molecule has 1 N–H and O–H groups in total. The highest BCUT2D eigenvalue weighted by molar-refractivity contribution is 7.99. The molecule has 1 aromatic heterocycles. The molecule has 156 valence electrons. The Hall–Kier alpha value is -2.58. The van der Waals surface area contributed by atoms with E-state index < -0.39 is 11.8 Å². The van der Waals surface area contributed by atoms with Gasteiger partial charge in [0.25, 0.3) is 11.8 Å². The molecule has 31 heavy (non-hydrogen) atoms. The van der Waals surface area contributed by atoms with Crippen LogP contribution >= 0.6 is 47.2 Å². The van der Waals surface area contributed by atoms with Crippen molar-refractivity contribution in [3.05, 3.63) is 81.5 Å². The minimum absolute atomic E-state index is 0.00376. The monoisotopic (exact) mass is 488 g/mol. The van der Waals surface area contributed by atoms with Crippen LogP contribution in [0.2, 0.25) is 10.0 Å².